The van der Waals surface area contributed by atoms with Crippen molar-refractivity contribution in [3.8, 4) is 5.75 Å². The molecule has 0 unspecified atom stereocenters. The SMILES string of the molecule is CN=C(NCc1cc(F)ccc1CS(C)(=O)=O)NCc1ccccc1OC(F)(F)F.I. The van der Waals surface area contributed by atoms with E-state index < -0.39 is 22.0 Å². The Kier molecular flexibility index (Phi) is 10.0. The fraction of sp³-hybridized carbons (Fsp3) is 0.316. The molecule has 2 aromatic carbocycles. The molecular formula is C19H22F4IN3O3S. The van der Waals surface area contributed by atoms with Crippen molar-refractivity contribution < 1.29 is 30.7 Å². The Bertz CT molecular complexity index is 1010. The van der Waals surface area contributed by atoms with Crippen LogP contribution < -0.4 is 15.4 Å². The van der Waals surface area contributed by atoms with Crippen molar-refractivity contribution in [1.29, 1.82) is 0 Å². The van der Waals surface area contributed by atoms with Crippen LogP contribution in [-0.2, 0) is 28.7 Å². The van der Waals surface area contributed by atoms with Crippen LogP contribution in [0.2, 0.25) is 0 Å². The summed E-state index contributed by atoms with van der Waals surface area (Å²) in [5.74, 6) is -0.886. The van der Waals surface area contributed by atoms with Gasteiger partial charge in [0.25, 0.3) is 0 Å². The van der Waals surface area contributed by atoms with Crippen molar-refractivity contribution in [3.05, 3.63) is 65.0 Å². The second-order valence-corrected chi connectivity index (χ2v) is 8.56. The van der Waals surface area contributed by atoms with E-state index in [-0.39, 0.29) is 60.1 Å². The summed E-state index contributed by atoms with van der Waals surface area (Å²) in [6.07, 6.45) is -3.74. The van der Waals surface area contributed by atoms with Crippen molar-refractivity contribution in [3.63, 3.8) is 0 Å². The lowest BCUT2D eigenvalue weighted by Crippen LogP contribution is -2.36. The number of nitrogens with zero attached hydrogens (tertiary/aromatic N) is 1. The maximum Gasteiger partial charge on any atom is 0.573 e. The minimum Gasteiger partial charge on any atom is -0.405 e. The first-order valence-corrected chi connectivity index (χ1v) is 10.8. The average molecular weight is 575 g/mol. The van der Waals surface area contributed by atoms with Crippen LogP contribution in [-0.4, -0.2) is 34.0 Å². The molecule has 0 radical (unpaired) electrons. The van der Waals surface area contributed by atoms with E-state index in [0.29, 0.717) is 11.1 Å². The summed E-state index contributed by atoms with van der Waals surface area (Å²) in [6, 6.07) is 9.45. The van der Waals surface area contributed by atoms with E-state index in [1.165, 1.54) is 43.4 Å². The lowest BCUT2D eigenvalue weighted by molar-refractivity contribution is -0.274. The van der Waals surface area contributed by atoms with Gasteiger partial charge >= 0.3 is 6.36 Å². The van der Waals surface area contributed by atoms with Gasteiger partial charge in [-0.2, -0.15) is 0 Å². The molecule has 0 aliphatic carbocycles. The number of hydrogen-bond acceptors (Lipinski definition) is 4. The smallest absolute Gasteiger partial charge is 0.405 e. The lowest BCUT2D eigenvalue weighted by atomic mass is 10.1. The molecule has 0 heterocycles. The zero-order chi connectivity index (χ0) is 22.4. The first kappa shape index (κ1) is 26.9. The van der Waals surface area contributed by atoms with E-state index in [9.17, 15) is 26.0 Å². The van der Waals surface area contributed by atoms with Crippen LogP contribution in [0, 0.1) is 5.82 Å². The number of rotatable bonds is 7. The third-order valence-corrected chi connectivity index (χ3v) is 4.74. The highest BCUT2D eigenvalue weighted by molar-refractivity contribution is 14.0. The molecule has 0 aromatic heterocycles. The largest absolute Gasteiger partial charge is 0.573 e. The Morgan fingerprint density at radius 2 is 1.65 bits per heavy atom. The molecule has 2 aromatic rings. The topological polar surface area (TPSA) is 79.8 Å². The number of hydrogen-bond donors (Lipinski definition) is 2. The van der Waals surface area contributed by atoms with Gasteiger partial charge in [-0.25, -0.2) is 12.8 Å². The molecule has 0 aliphatic rings. The minimum atomic E-state index is -4.82. The van der Waals surface area contributed by atoms with Gasteiger partial charge in [-0.1, -0.05) is 24.3 Å². The molecule has 0 spiro atoms. The molecule has 172 valence electrons. The summed E-state index contributed by atoms with van der Waals surface area (Å²) >= 11 is 0. The monoisotopic (exact) mass is 575 g/mol. The number of nitrogens with one attached hydrogen (secondary N) is 2. The Morgan fingerprint density at radius 3 is 2.23 bits per heavy atom. The summed E-state index contributed by atoms with van der Waals surface area (Å²) in [7, 11) is -1.87. The van der Waals surface area contributed by atoms with E-state index in [4.69, 9.17) is 0 Å². The summed E-state index contributed by atoms with van der Waals surface area (Å²) in [5, 5.41) is 5.74. The quantitative estimate of drug-likeness (QED) is 0.228. The van der Waals surface area contributed by atoms with E-state index in [2.05, 4.69) is 20.4 Å². The van der Waals surface area contributed by atoms with Gasteiger partial charge in [0, 0.05) is 32.0 Å². The van der Waals surface area contributed by atoms with Gasteiger partial charge in [0.15, 0.2) is 15.8 Å². The van der Waals surface area contributed by atoms with E-state index >= 15 is 0 Å². The third-order valence-electron chi connectivity index (χ3n) is 3.90. The molecule has 0 saturated heterocycles. The van der Waals surface area contributed by atoms with Gasteiger partial charge in [0.1, 0.15) is 11.6 Å². The second-order valence-electron chi connectivity index (χ2n) is 6.42. The molecule has 12 heteroatoms. The van der Waals surface area contributed by atoms with Gasteiger partial charge in [-0.15, -0.1) is 37.1 Å². The third kappa shape index (κ3) is 9.72. The highest BCUT2D eigenvalue weighted by atomic mass is 127. The summed E-state index contributed by atoms with van der Waals surface area (Å²) in [6.45, 7) is 0.0360. The van der Waals surface area contributed by atoms with Crippen molar-refractivity contribution in [1.82, 2.24) is 10.6 Å². The van der Waals surface area contributed by atoms with Gasteiger partial charge in [0.05, 0.1) is 5.75 Å². The zero-order valence-corrected chi connectivity index (χ0v) is 19.8. The molecule has 31 heavy (non-hydrogen) atoms. The highest BCUT2D eigenvalue weighted by Crippen LogP contribution is 2.26. The van der Waals surface area contributed by atoms with Crippen LogP contribution in [0.4, 0.5) is 17.6 Å². The van der Waals surface area contributed by atoms with Crippen molar-refractivity contribution >= 4 is 39.8 Å². The van der Waals surface area contributed by atoms with Crippen molar-refractivity contribution in [2.45, 2.75) is 25.2 Å². The summed E-state index contributed by atoms with van der Waals surface area (Å²) < 4.78 is 78.4. The molecule has 0 saturated carbocycles. The zero-order valence-electron chi connectivity index (χ0n) is 16.7. The first-order valence-electron chi connectivity index (χ1n) is 8.70. The van der Waals surface area contributed by atoms with Crippen LogP contribution in [0.25, 0.3) is 0 Å². The van der Waals surface area contributed by atoms with Crippen LogP contribution >= 0.6 is 24.0 Å². The fourth-order valence-corrected chi connectivity index (χ4v) is 3.48. The van der Waals surface area contributed by atoms with Gasteiger partial charge < -0.3 is 15.4 Å². The molecular weight excluding hydrogens is 553 g/mol. The normalized spacial score (nSPS) is 12.1. The number of aliphatic imine (C=N–C) groups is 1. The summed E-state index contributed by atoms with van der Waals surface area (Å²) in [5.41, 5.74) is 1.11. The number of halogens is 5. The number of sulfone groups is 1. The second kappa shape index (κ2) is 11.5. The van der Waals surface area contributed by atoms with Crippen molar-refractivity contribution in [2.24, 2.45) is 4.99 Å². The maximum atomic E-state index is 13.6. The highest BCUT2D eigenvalue weighted by Gasteiger charge is 2.31. The van der Waals surface area contributed by atoms with Crippen LogP contribution in [0.15, 0.2) is 47.5 Å². The molecule has 2 rings (SSSR count). The first-order chi connectivity index (χ1) is 14.0. The molecule has 2 N–H and O–H groups in total. The minimum absolute atomic E-state index is 0. The van der Waals surface area contributed by atoms with Gasteiger partial charge in [-0.05, 0) is 29.3 Å². The molecule has 0 fully saturated rings. The standard InChI is InChI=1S/C19H21F4N3O3S.HI/c1-24-18(25-10-13-5-3-4-6-17(13)29-19(21,22)23)26-11-15-9-16(20)8-7-14(15)12-30(2,27)28;/h3-9H,10-12H2,1-2H3,(H2,24,25,26);1H. The van der Waals surface area contributed by atoms with Crippen LogP contribution in [0.3, 0.4) is 0 Å². The Morgan fingerprint density at radius 1 is 1.03 bits per heavy atom. The number of para-hydroxylation sites is 1. The number of guanidine groups is 1. The average Bonchev–Trinajstić information content (AvgIpc) is 2.62. The predicted octanol–water partition coefficient (Wildman–Crippen LogP) is 3.75. The van der Waals surface area contributed by atoms with Gasteiger partial charge in [0.2, 0.25) is 0 Å². The number of benzene rings is 2. The molecule has 0 bridgehead atoms. The van der Waals surface area contributed by atoms with Gasteiger partial charge in [-0.3, -0.25) is 4.99 Å². The Balaban J connectivity index is 0.00000480. The lowest BCUT2D eigenvalue weighted by Gasteiger charge is -2.16. The molecule has 6 nitrogen and oxygen atoms in total. The van der Waals surface area contributed by atoms with Crippen LogP contribution in [0.5, 0.6) is 5.75 Å². The Hall–Kier alpha value is -2.09. The maximum absolute atomic E-state index is 13.6. The van der Waals surface area contributed by atoms with E-state index in [1.807, 2.05) is 0 Å². The number of alkyl halides is 3. The summed E-state index contributed by atoms with van der Waals surface area (Å²) in [4.78, 5) is 3.97. The fourth-order valence-electron chi connectivity index (χ4n) is 2.63. The van der Waals surface area contributed by atoms with E-state index in [1.54, 1.807) is 6.07 Å². The molecule has 0 amide bonds. The van der Waals surface area contributed by atoms with Crippen molar-refractivity contribution in [2.75, 3.05) is 13.3 Å². The van der Waals surface area contributed by atoms with E-state index in [0.717, 1.165) is 6.26 Å². The molecule has 0 atom stereocenters. The van der Waals surface area contributed by atoms with Crippen LogP contribution in [0.1, 0.15) is 16.7 Å². The molecule has 0 aliphatic heterocycles. The predicted molar refractivity (Wildman–Crippen MR) is 121 cm³/mol. The Labute approximate surface area is 195 Å². The number of ether oxygens (including phenoxy) is 1.